The Morgan fingerprint density at radius 3 is 2.67 bits per heavy atom. The summed E-state index contributed by atoms with van der Waals surface area (Å²) in [5.74, 6) is 0.702. The molecule has 0 aliphatic rings. The highest BCUT2D eigenvalue weighted by atomic mass is 35.5. The molecule has 0 aliphatic heterocycles. The fraction of sp³-hybridized carbons (Fsp3) is 0.167. The van der Waals surface area contributed by atoms with Crippen LogP contribution in [0.4, 0.5) is 5.69 Å². The third kappa shape index (κ3) is 4.20. The van der Waals surface area contributed by atoms with E-state index in [1.54, 1.807) is 18.2 Å². The summed E-state index contributed by atoms with van der Waals surface area (Å²) in [4.78, 5) is 17.2. The Balaban J connectivity index is 1.59. The molecular weight excluding hydrogens is 419 g/mol. The second-order valence-corrected chi connectivity index (χ2v) is 8.03. The summed E-state index contributed by atoms with van der Waals surface area (Å²) in [6.07, 6.45) is 1.07. The average Bonchev–Trinajstić information content (AvgIpc) is 3.18. The van der Waals surface area contributed by atoms with Crippen molar-refractivity contribution in [2.24, 2.45) is 0 Å². The van der Waals surface area contributed by atoms with Gasteiger partial charge < -0.3 is 9.73 Å². The van der Waals surface area contributed by atoms with E-state index >= 15 is 0 Å². The Kier molecular flexibility index (Phi) is 5.80. The van der Waals surface area contributed by atoms with Crippen LogP contribution in [0.5, 0.6) is 0 Å². The topological polar surface area (TPSA) is 55.1 Å². The molecule has 0 saturated heterocycles. The number of anilines is 1. The van der Waals surface area contributed by atoms with E-state index in [0.29, 0.717) is 33.1 Å². The van der Waals surface area contributed by atoms with Gasteiger partial charge in [-0.05, 0) is 66.4 Å². The maximum Gasteiger partial charge on any atom is 0.255 e. The highest BCUT2D eigenvalue weighted by Gasteiger charge is 2.13. The van der Waals surface area contributed by atoms with Crippen LogP contribution in [0.2, 0.25) is 10.0 Å². The monoisotopic (exact) mass is 438 g/mol. The highest BCUT2D eigenvalue weighted by Crippen LogP contribution is 2.29. The van der Waals surface area contributed by atoms with Gasteiger partial charge in [0.1, 0.15) is 5.52 Å². The number of hydrogen-bond donors (Lipinski definition) is 1. The van der Waals surface area contributed by atoms with E-state index in [4.69, 9.17) is 27.6 Å². The number of amides is 1. The lowest BCUT2D eigenvalue weighted by Crippen LogP contribution is -2.11. The van der Waals surface area contributed by atoms with Crippen molar-refractivity contribution in [2.45, 2.75) is 26.2 Å². The van der Waals surface area contributed by atoms with Crippen molar-refractivity contribution in [1.82, 2.24) is 4.98 Å². The molecular formula is C24H20Cl2N2O2. The Hall–Kier alpha value is -2.82. The van der Waals surface area contributed by atoms with Crippen molar-refractivity contribution < 1.29 is 9.21 Å². The lowest BCUT2D eigenvalue weighted by atomic mass is 9.98. The molecule has 152 valence electrons. The number of nitrogens with one attached hydrogen (secondary N) is 1. The summed E-state index contributed by atoms with van der Waals surface area (Å²) in [7, 11) is 0. The first-order chi connectivity index (χ1) is 14.4. The van der Waals surface area contributed by atoms with E-state index in [2.05, 4.69) is 36.3 Å². The van der Waals surface area contributed by atoms with Crippen LogP contribution in [-0.2, 0) is 0 Å². The van der Waals surface area contributed by atoms with Crippen LogP contribution in [0, 0.1) is 0 Å². The normalized spacial score (nSPS) is 12.1. The number of halogens is 2. The predicted molar refractivity (Wildman–Crippen MR) is 123 cm³/mol. The van der Waals surface area contributed by atoms with Crippen LogP contribution < -0.4 is 5.32 Å². The fourth-order valence-corrected chi connectivity index (χ4v) is 3.48. The lowest BCUT2D eigenvalue weighted by Gasteiger charge is -2.07. The fourth-order valence-electron chi connectivity index (χ4n) is 3.18. The molecule has 30 heavy (non-hydrogen) atoms. The van der Waals surface area contributed by atoms with Gasteiger partial charge in [-0.1, -0.05) is 49.2 Å². The molecule has 6 heteroatoms. The summed E-state index contributed by atoms with van der Waals surface area (Å²) in [6.45, 7) is 4.36. The number of oxazole rings is 1. The number of rotatable bonds is 5. The first-order valence-corrected chi connectivity index (χ1v) is 10.5. The molecule has 4 rings (SSSR count). The van der Waals surface area contributed by atoms with Gasteiger partial charge in [0.15, 0.2) is 5.58 Å². The molecule has 1 N–H and O–H groups in total. The van der Waals surface area contributed by atoms with Gasteiger partial charge in [0.05, 0.1) is 10.0 Å². The minimum absolute atomic E-state index is 0.276. The number of hydrogen-bond acceptors (Lipinski definition) is 3. The standard InChI is InChI=1S/C24H20Cl2N2O2/c1-3-14(2)15-8-10-22-21(13-15)28-24(30-22)17-5-4-6-18(11-17)27-23(29)16-7-9-19(25)20(26)12-16/h4-14H,3H2,1-2H3,(H,27,29)/t14-/m0/s1. The van der Waals surface area contributed by atoms with Crippen LogP contribution in [0.1, 0.15) is 42.1 Å². The van der Waals surface area contributed by atoms with Crippen molar-refractivity contribution in [3.05, 3.63) is 81.8 Å². The predicted octanol–water partition coefficient (Wildman–Crippen LogP) is 7.57. The Morgan fingerprint density at radius 1 is 1.07 bits per heavy atom. The zero-order chi connectivity index (χ0) is 21.3. The number of benzene rings is 3. The van der Waals surface area contributed by atoms with Crippen LogP contribution in [0.25, 0.3) is 22.6 Å². The number of carbonyl (C=O) groups is 1. The Bertz CT molecular complexity index is 1230. The summed E-state index contributed by atoms with van der Waals surface area (Å²) < 4.78 is 5.94. The zero-order valence-corrected chi connectivity index (χ0v) is 18.1. The van der Waals surface area contributed by atoms with Crippen molar-refractivity contribution in [2.75, 3.05) is 5.32 Å². The molecule has 0 bridgehead atoms. The molecule has 1 heterocycles. The van der Waals surface area contributed by atoms with E-state index in [-0.39, 0.29) is 5.91 Å². The SMILES string of the molecule is CC[C@H](C)c1ccc2oc(-c3cccc(NC(=O)c4ccc(Cl)c(Cl)c4)c3)nc2c1. The van der Waals surface area contributed by atoms with E-state index in [0.717, 1.165) is 23.1 Å². The second kappa shape index (κ2) is 8.50. The molecule has 0 spiro atoms. The molecule has 3 aromatic carbocycles. The largest absolute Gasteiger partial charge is 0.436 e. The molecule has 1 aromatic heterocycles. The summed E-state index contributed by atoms with van der Waals surface area (Å²) in [6, 6.07) is 18.3. The molecule has 4 aromatic rings. The van der Waals surface area contributed by atoms with Crippen LogP contribution in [-0.4, -0.2) is 10.9 Å². The number of fused-ring (bicyclic) bond motifs is 1. The molecule has 4 nitrogen and oxygen atoms in total. The molecule has 0 aliphatic carbocycles. The van der Waals surface area contributed by atoms with Gasteiger partial charge in [-0.15, -0.1) is 0 Å². The van der Waals surface area contributed by atoms with Crippen LogP contribution >= 0.6 is 23.2 Å². The first-order valence-electron chi connectivity index (χ1n) is 9.72. The molecule has 1 atom stereocenters. The van der Waals surface area contributed by atoms with Crippen molar-refractivity contribution in [3.8, 4) is 11.5 Å². The third-order valence-electron chi connectivity index (χ3n) is 5.14. The molecule has 0 fully saturated rings. The highest BCUT2D eigenvalue weighted by molar-refractivity contribution is 6.42. The van der Waals surface area contributed by atoms with Gasteiger partial charge in [-0.3, -0.25) is 4.79 Å². The van der Waals surface area contributed by atoms with Crippen molar-refractivity contribution >= 4 is 45.9 Å². The van der Waals surface area contributed by atoms with E-state index in [9.17, 15) is 4.79 Å². The van der Waals surface area contributed by atoms with E-state index < -0.39 is 0 Å². The van der Waals surface area contributed by atoms with Crippen LogP contribution in [0.15, 0.2) is 65.1 Å². The van der Waals surface area contributed by atoms with E-state index in [1.165, 1.54) is 5.56 Å². The number of carbonyl (C=O) groups excluding carboxylic acids is 1. The van der Waals surface area contributed by atoms with E-state index in [1.807, 2.05) is 30.3 Å². The van der Waals surface area contributed by atoms with Crippen molar-refractivity contribution in [3.63, 3.8) is 0 Å². The van der Waals surface area contributed by atoms with Gasteiger partial charge in [0, 0.05) is 16.8 Å². The quantitative estimate of drug-likeness (QED) is 0.349. The van der Waals surface area contributed by atoms with Gasteiger partial charge in [0.2, 0.25) is 5.89 Å². The minimum atomic E-state index is -0.276. The summed E-state index contributed by atoms with van der Waals surface area (Å²) in [5, 5.41) is 3.61. The average molecular weight is 439 g/mol. The first kappa shape index (κ1) is 20.5. The van der Waals surface area contributed by atoms with Gasteiger partial charge in [-0.2, -0.15) is 0 Å². The summed E-state index contributed by atoms with van der Waals surface area (Å²) in [5.41, 5.74) is 4.64. The lowest BCUT2D eigenvalue weighted by molar-refractivity contribution is 0.102. The third-order valence-corrected chi connectivity index (χ3v) is 5.88. The Labute approximate surface area is 184 Å². The molecule has 0 radical (unpaired) electrons. The van der Waals surface area contributed by atoms with Gasteiger partial charge in [0.25, 0.3) is 5.91 Å². The molecule has 0 unspecified atom stereocenters. The number of aromatic nitrogens is 1. The number of nitrogens with zero attached hydrogens (tertiary/aromatic N) is 1. The Morgan fingerprint density at radius 2 is 1.90 bits per heavy atom. The van der Waals surface area contributed by atoms with Gasteiger partial charge >= 0.3 is 0 Å². The zero-order valence-electron chi connectivity index (χ0n) is 16.6. The maximum absolute atomic E-state index is 12.5. The van der Waals surface area contributed by atoms with Gasteiger partial charge in [-0.25, -0.2) is 4.98 Å². The maximum atomic E-state index is 12.5. The smallest absolute Gasteiger partial charge is 0.255 e. The van der Waals surface area contributed by atoms with Crippen molar-refractivity contribution in [1.29, 1.82) is 0 Å². The summed E-state index contributed by atoms with van der Waals surface area (Å²) >= 11 is 11.9. The minimum Gasteiger partial charge on any atom is -0.436 e. The molecule has 0 saturated carbocycles. The van der Waals surface area contributed by atoms with Crippen LogP contribution in [0.3, 0.4) is 0 Å². The molecule has 1 amide bonds. The second-order valence-electron chi connectivity index (χ2n) is 7.22.